The van der Waals surface area contributed by atoms with Crippen LogP contribution in [-0.2, 0) is 6.18 Å². The van der Waals surface area contributed by atoms with Gasteiger partial charge in [-0.25, -0.2) is 17.6 Å². The van der Waals surface area contributed by atoms with Crippen LogP contribution in [0.25, 0.3) is 10.4 Å². The van der Waals surface area contributed by atoms with Gasteiger partial charge in [0.2, 0.25) is 0 Å². The van der Waals surface area contributed by atoms with Crippen molar-refractivity contribution in [2.75, 3.05) is 0 Å². The topological polar surface area (TPSA) is 58.0 Å². The van der Waals surface area contributed by atoms with Crippen LogP contribution < -0.4 is 4.74 Å². The highest BCUT2D eigenvalue weighted by molar-refractivity contribution is 5.54. The Morgan fingerprint density at radius 3 is 1.92 bits per heavy atom. The summed E-state index contributed by atoms with van der Waals surface area (Å²) in [4.78, 5) is 2.29. The monoisotopic (exact) mass is 351 g/mol. The van der Waals surface area contributed by atoms with E-state index < -0.39 is 52.2 Å². The van der Waals surface area contributed by atoms with Gasteiger partial charge in [0.15, 0.2) is 29.0 Å². The Hall–Kier alpha value is -2.94. The van der Waals surface area contributed by atoms with Crippen LogP contribution in [0.15, 0.2) is 29.4 Å². The molecule has 4 nitrogen and oxygen atoms in total. The van der Waals surface area contributed by atoms with E-state index in [-0.39, 0.29) is 12.1 Å². The zero-order valence-corrected chi connectivity index (χ0v) is 11.2. The van der Waals surface area contributed by atoms with E-state index in [1.807, 2.05) is 0 Å². The Morgan fingerprint density at radius 2 is 1.42 bits per heavy atom. The number of alkyl halides is 3. The van der Waals surface area contributed by atoms with Crippen molar-refractivity contribution in [3.63, 3.8) is 0 Å². The van der Waals surface area contributed by atoms with Crippen molar-refractivity contribution >= 4 is 5.69 Å². The molecule has 0 N–H and O–H groups in total. The molecule has 2 aromatic rings. The Morgan fingerprint density at radius 1 is 0.875 bits per heavy atom. The second-order valence-corrected chi connectivity index (χ2v) is 4.29. The third kappa shape index (κ3) is 3.51. The zero-order valence-electron chi connectivity index (χ0n) is 11.2. The number of hydrogen-bond acceptors (Lipinski definition) is 2. The fraction of sp³-hybridized carbons (Fsp3) is 0.0769. The third-order valence-corrected chi connectivity index (χ3v) is 2.69. The van der Waals surface area contributed by atoms with Crippen LogP contribution in [0.3, 0.4) is 0 Å². The van der Waals surface area contributed by atoms with E-state index in [1.54, 1.807) is 0 Å². The molecule has 0 aromatic heterocycles. The summed E-state index contributed by atoms with van der Waals surface area (Å²) < 4.78 is 95.6. The molecule has 2 aromatic carbocycles. The molecule has 11 heteroatoms. The molecule has 0 spiro atoms. The van der Waals surface area contributed by atoms with Gasteiger partial charge in [0.05, 0.1) is 11.3 Å². The maximum atomic E-state index is 13.7. The lowest BCUT2D eigenvalue weighted by molar-refractivity contribution is -0.138. The maximum absolute atomic E-state index is 13.7. The van der Waals surface area contributed by atoms with Crippen molar-refractivity contribution < 1.29 is 35.5 Å². The van der Waals surface area contributed by atoms with Gasteiger partial charge in [-0.3, -0.25) is 0 Å². The molecule has 0 fully saturated rings. The van der Waals surface area contributed by atoms with Gasteiger partial charge in [-0.05, 0) is 23.7 Å². The molecule has 0 saturated heterocycles. The quantitative estimate of drug-likeness (QED) is 0.290. The molecule has 0 amide bonds. The number of nitrogens with zero attached hydrogens (tertiary/aromatic N) is 3. The van der Waals surface area contributed by atoms with E-state index in [0.29, 0.717) is 12.1 Å². The first-order chi connectivity index (χ1) is 11.1. The summed E-state index contributed by atoms with van der Waals surface area (Å²) in [5.41, 5.74) is 6.06. The summed E-state index contributed by atoms with van der Waals surface area (Å²) in [6, 6.07) is 0.650. The minimum absolute atomic E-state index is 0.0362. The first-order valence-corrected chi connectivity index (χ1v) is 5.91. The summed E-state index contributed by atoms with van der Waals surface area (Å²) >= 11 is 0. The maximum Gasteiger partial charge on any atom is 0.416 e. The minimum Gasteiger partial charge on any atom is -0.451 e. The van der Waals surface area contributed by atoms with Crippen molar-refractivity contribution in [1.29, 1.82) is 0 Å². The molecule has 2 rings (SSSR count). The van der Waals surface area contributed by atoms with E-state index in [4.69, 9.17) is 5.53 Å². The van der Waals surface area contributed by atoms with Gasteiger partial charge in [0, 0.05) is 11.0 Å². The molecule has 0 saturated carbocycles. The van der Waals surface area contributed by atoms with Gasteiger partial charge >= 0.3 is 6.18 Å². The van der Waals surface area contributed by atoms with Crippen molar-refractivity contribution in [2.24, 2.45) is 5.11 Å². The molecule has 0 radical (unpaired) electrons. The number of ether oxygens (including phenoxy) is 1. The average Bonchev–Trinajstić information content (AvgIpc) is 2.46. The summed E-state index contributed by atoms with van der Waals surface area (Å²) in [6.07, 6.45) is -5.00. The molecule has 0 aliphatic rings. The molecule has 0 unspecified atom stereocenters. The van der Waals surface area contributed by atoms with E-state index in [2.05, 4.69) is 14.8 Å². The Labute approximate surface area is 128 Å². The molecule has 24 heavy (non-hydrogen) atoms. The lowest BCUT2D eigenvalue weighted by Crippen LogP contribution is -2.07. The minimum atomic E-state index is -5.00. The highest BCUT2D eigenvalue weighted by Crippen LogP contribution is 2.38. The Bertz CT molecular complexity index is 821. The largest absolute Gasteiger partial charge is 0.451 e. The van der Waals surface area contributed by atoms with Crippen LogP contribution in [-0.4, -0.2) is 0 Å². The summed E-state index contributed by atoms with van der Waals surface area (Å²) in [5.74, 6) is -8.49. The standard InChI is InChI=1S/C13H4F7N3O/c14-6-3-10(22-23-21)11(4-7(6)15)24-12-8(16)1-5(2-9(12)17)13(18,19)20/h1-4H. The van der Waals surface area contributed by atoms with Gasteiger partial charge in [0.25, 0.3) is 0 Å². The highest BCUT2D eigenvalue weighted by Gasteiger charge is 2.33. The normalized spacial score (nSPS) is 11.1. The van der Waals surface area contributed by atoms with Gasteiger partial charge in [-0.1, -0.05) is 5.11 Å². The number of benzene rings is 2. The molecule has 0 atom stereocenters. The summed E-state index contributed by atoms with van der Waals surface area (Å²) in [5, 5.41) is 2.94. The van der Waals surface area contributed by atoms with Crippen LogP contribution in [0.5, 0.6) is 11.5 Å². The third-order valence-electron chi connectivity index (χ3n) is 2.69. The van der Waals surface area contributed by atoms with E-state index in [1.165, 1.54) is 0 Å². The van der Waals surface area contributed by atoms with E-state index in [0.717, 1.165) is 0 Å². The lowest BCUT2D eigenvalue weighted by atomic mass is 10.2. The highest BCUT2D eigenvalue weighted by atomic mass is 19.4. The van der Waals surface area contributed by atoms with Crippen LogP contribution >= 0.6 is 0 Å². The van der Waals surface area contributed by atoms with Crippen LogP contribution in [0.2, 0.25) is 0 Å². The van der Waals surface area contributed by atoms with Crippen LogP contribution in [0.4, 0.5) is 36.4 Å². The smallest absolute Gasteiger partial charge is 0.416 e. The number of rotatable bonds is 3. The fourth-order valence-corrected chi connectivity index (χ4v) is 1.66. The molecule has 126 valence electrons. The predicted molar refractivity (Wildman–Crippen MR) is 66.6 cm³/mol. The molecule has 0 aliphatic heterocycles. The molecule has 0 heterocycles. The number of hydrogen-bond donors (Lipinski definition) is 0. The first kappa shape index (κ1) is 17.4. The van der Waals surface area contributed by atoms with Crippen molar-refractivity contribution in [1.82, 2.24) is 0 Å². The first-order valence-electron chi connectivity index (χ1n) is 5.91. The van der Waals surface area contributed by atoms with E-state index in [9.17, 15) is 30.7 Å². The number of azide groups is 1. The van der Waals surface area contributed by atoms with Crippen molar-refractivity contribution in [2.45, 2.75) is 6.18 Å². The second kappa shape index (κ2) is 6.28. The molecule has 0 bridgehead atoms. The fourth-order valence-electron chi connectivity index (χ4n) is 1.66. The summed E-state index contributed by atoms with van der Waals surface area (Å²) in [7, 11) is 0. The van der Waals surface area contributed by atoms with Gasteiger partial charge in [0.1, 0.15) is 5.75 Å². The SMILES string of the molecule is [N-]=[N+]=Nc1cc(F)c(F)cc1Oc1c(F)cc(C(F)(F)F)cc1F. The van der Waals surface area contributed by atoms with Crippen LogP contribution in [0.1, 0.15) is 5.56 Å². The van der Waals surface area contributed by atoms with Crippen molar-refractivity contribution in [3.05, 3.63) is 63.5 Å². The number of halogens is 7. The second-order valence-electron chi connectivity index (χ2n) is 4.29. The van der Waals surface area contributed by atoms with Gasteiger partial charge in [-0.15, -0.1) is 0 Å². The Kier molecular flexibility index (Phi) is 4.56. The molecular formula is C13H4F7N3O. The predicted octanol–water partition coefficient (Wildman–Crippen LogP) is 6.00. The van der Waals surface area contributed by atoms with E-state index >= 15 is 0 Å². The lowest BCUT2D eigenvalue weighted by Gasteiger charge is -2.13. The average molecular weight is 351 g/mol. The van der Waals surface area contributed by atoms with Gasteiger partial charge < -0.3 is 4.74 Å². The van der Waals surface area contributed by atoms with Gasteiger partial charge in [-0.2, -0.15) is 13.2 Å². The van der Waals surface area contributed by atoms with Crippen LogP contribution in [0, 0.1) is 23.3 Å². The van der Waals surface area contributed by atoms with Crippen molar-refractivity contribution in [3.8, 4) is 11.5 Å². The summed E-state index contributed by atoms with van der Waals surface area (Å²) in [6.45, 7) is 0. The molecular weight excluding hydrogens is 347 g/mol. The Balaban J connectivity index is 2.53. The zero-order chi connectivity index (χ0) is 18.1. The molecule has 0 aliphatic carbocycles.